The number of hydrogen-bond donors (Lipinski definition) is 2. The molecule has 0 aliphatic carbocycles. The Morgan fingerprint density at radius 2 is 2.00 bits per heavy atom. The lowest BCUT2D eigenvalue weighted by molar-refractivity contribution is -0.202. The minimum atomic E-state index is -4.55. The summed E-state index contributed by atoms with van der Waals surface area (Å²) in [5, 5.41) is 11.6. The number of rotatable bonds is 6. The molecule has 0 aliphatic rings. The number of nitrogens with one attached hydrogen (secondary N) is 1. The van der Waals surface area contributed by atoms with E-state index in [2.05, 4.69) is 11.4 Å². The van der Waals surface area contributed by atoms with Gasteiger partial charge in [0.1, 0.15) is 0 Å². The van der Waals surface area contributed by atoms with Crippen LogP contribution >= 0.6 is 0 Å². The van der Waals surface area contributed by atoms with E-state index in [0.29, 0.717) is 0 Å². The first-order valence-corrected chi connectivity index (χ1v) is 6.32. The van der Waals surface area contributed by atoms with Crippen molar-refractivity contribution in [1.29, 1.82) is 0 Å². The molecule has 108 valence electrons. The smallest absolute Gasteiger partial charge is 0.382 e. The van der Waals surface area contributed by atoms with E-state index < -0.39 is 18.8 Å². The summed E-state index contributed by atoms with van der Waals surface area (Å²) >= 11 is 0. The first kappa shape index (κ1) is 16.0. The molecule has 0 fully saturated rings. The average Bonchev–Trinajstić information content (AvgIpc) is 2.32. The molecule has 0 aromatic heterocycles. The Bertz CT molecular complexity index is 393. The Balaban J connectivity index is 2.30. The van der Waals surface area contributed by atoms with Gasteiger partial charge < -0.3 is 10.4 Å². The van der Waals surface area contributed by atoms with Crippen LogP contribution < -0.4 is 5.32 Å². The molecule has 2 N–H and O–H groups in total. The lowest BCUT2D eigenvalue weighted by atomic mass is 10.0. The molecule has 0 saturated carbocycles. The van der Waals surface area contributed by atoms with E-state index in [9.17, 15) is 13.2 Å². The molecule has 0 amide bonds. The van der Waals surface area contributed by atoms with Crippen LogP contribution in [0.2, 0.25) is 0 Å². The SMILES string of the molecule is Cc1cccc(CCC(C)NCC(O)C(F)(F)F)c1. The average molecular weight is 275 g/mol. The molecule has 0 heterocycles. The zero-order chi connectivity index (χ0) is 14.5. The largest absolute Gasteiger partial charge is 0.415 e. The molecule has 1 aromatic carbocycles. The van der Waals surface area contributed by atoms with E-state index in [1.54, 1.807) is 0 Å². The third-order valence-electron chi connectivity index (χ3n) is 2.99. The Morgan fingerprint density at radius 3 is 2.58 bits per heavy atom. The summed E-state index contributed by atoms with van der Waals surface area (Å²) in [5.74, 6) is 0. The number of halogens is 3. The summed E-state index contributed by atoms with van der Waals surface area (Å²) in [6.07, 6.45) is -5.32. The van der Waals surface area contributed by atoms with Gasteiger partial charge in [-0.15, -0.1) is 0 Å². The molecule has 0 radical (unpaired) electrons. The molecule has 1 aromatic rings. The second-order valence-electron chi connectivity index (χ2n) is 4.89. The standard InChI is InChI=1S/C14H20F3NO/c1-10-4-3-5-12(8-10)7-6-11(2)18-9-13(19)14(15,16)17/h3-5,8,11,13,18-19H,6-7,9H2,1-2H3. The number of hydrogen-bond acceptors (Lipinski definition) is 2. The van der Waals surface area contributed by atoms with Gasteiger partial charge in [-0.25, -0.2) is 0 Å². The molecule has 1 rings (SSSR count). The van der Waals surface area contributed by atoms with Crippen LogP contribution in [0.4, 0.5) is 13.2 Å². The summed E-state index contributed by atoms with van der Waals surface area (Å²) in [7, 11) is 0. The molecule has 2 atom stereocenters. The highest BCUT2D eigenvalue weighted by Gasteiger charge is 2.37. The van der Waals surface area contributed by atoms with Crippen molar-refractivity contribution >= 4 is 0 Å². The fraction of sp³-hybridized carbons (Fsp3) is 0.571. The maximum atomic E-state index is 12.1. The monoisotopic (exact) mass is 275 g/mol. The van der Waals surface area contributed by atoms with Crippen LogP contribution in [0.15, 0.2) is 24.3 Å². The Kier molecular flexibility index (Phi) is 5.82. The quantitative estimate of drug-likeness (QED) is 0.836. The molecule has 19 heavy (non-hydrogen) atoms. The maximum Gasteiger partial charge on any atom is 0.415 e. The van der Waals surface area contributed by atoms with E-state index in [1.807, 2.05) is 32.0 Å². The van der Waals surface area contributed by atoms with Crippen LogP contribution in [0.1, 0.15) is 24.5 Å². The van der Waals surface area contributed by atoms with Gasteiger partial charge >= 0.3 is 6.18 Å². The first-order valence-electron chi connectivity index (χ1n) is 6.32. The number of aliphatic hydroxyl groups excluding tert-OH is 1. The van der Waals surface area contributed by atoms with Gasteiger partial charge in [0.2, 0.25) is 0 Å². The van der Waals surface area contributed by atoms with Gasteiger partial charge in [0.05, 0.1) is 0 Å². The third kappa shape index (κ3) is 6.07. The van der Waals surface area contributed by atoms with Crippen LogP contribution in [0.3, 0.4) is 0 Å². The van der Waals surface area contributed by atoms with Crippen molar-refractivity contribution in [3.63, 3.8) is 0 Å². The van der Waals surface area contributed by atoms with Gasteiger partial charge in [-0.3, -0.25) is 0 Å². The van der Waals surface area contributed by atoms with Crippen LogP contribution in [-0.4, -0.2) is 30.0 Å². The lowest BCUT2D eigenvalue weighted by Gasteiger charge is -2.19. The van der Waals surface area contributed by atoms with Gasteiger partial charge in [0.25, 0.3) is 0 Å². The van der Waals surface area contributed by atoms with E-state index >= 15 is 0 Å². The summed E-state index contributed by atoms with van der Waals surface area (Å²) in [5.41, 5.74) is 2.34. The molecule has 0 bridgehead atoms. The van der Waals surface area contributed by atoms with E-state index in [1.165, 1.54) is 11.1 Å². The van der Waals surface area contributed by atoms with Gasteiger partial charge in [-0.2, -0.15) is 13.2 Å². The normalized spacial score (nSPS) is 15.3. The zero-order valence-corrected chi connectivity index (χ0v) is 11.2. The van der Waals surface area contributed by atoms with Crippen LogP contribution in [-0.2, 0) is 6.42 Å². The predicted molar refractivity (Wildman–Crippen MR) is 69.0 cm³/mol. The number of aryl methyl sites for hydroxylation is 2. The van der Waals surface area contributed by atoms with Crippen molar-refractivity contribution in [2.45, 2.75) is 45.0 Å². The number of benzene rings is 1. The van der Waals surface area contributed by atoms with Crippen molar-refractivity contribution in [3.05, 3.63) is 35.4 Å². The highest BCUT2D eigenvalue weighted by Crippen LogP contribution is 2.19. The Labute approximate surface area is 111 Å². The second kappa shape index (κ2) is 6.91. The van der Waals surface area contributed by atoms with Crippen molar-refractivity contribution < 1.29 is 18.3 Å². The highest BCUT2D eigenvalue weighted by molar-refractivity contribution is 5.22. The number of aliphatic hydroxyl groups is 1. The van der Waals surface area contributed by atoms with Gasteiger partial charge in [-0.05, 0) is 32.3 Å². The summed E-state index contributed by atoms with van der Waals surface area (Å²) in [6.45, 7) is 3.36. The first-order chi connectivity index (χ1) is 8.79. The lowest BCUT2D eigenvalue weighted by Crippen LogP contribution is -2.41. The van der Waals surface area contributed by atoms with Crippen molar-refractivity contribution in [2.75, 3.05) is 6.54 Å². The fourth-order valence-corrected chi connectivity index (χ4v) is 1.78. The van der Waals surface area contributed by atoms with E-state index in [4.69, 9.17) is 5.11 Å². The third-order valence-corrected chi connectivity index (χ3v) is 2.99. The minimum absolute atomic E-state index is 0.0717. The summed E-state index contributed by atoms with van der Waals surface area (Å²) < 4.78 is 36.3. The van der Waals surface area contributed by atoms with Crippen LogP contribution in [0.25, 0.3) is 0 Å². The molecule has 0 aliphatic heterocycles. The van der Waals surface area contributed by atoms with Crippen molar-refractivity contribution in [2.24, 2.45) is 0 Å². The van der Waals surface area contributed by atoms with Crippen LogP contribution in [0.5, 0.6) is 0 Å². The van der Waals surface area contributed by atoms with E-state index in [-0.39, 0.29) is 6.04 Å². The molecule has 0 spiro atoms. The van der Waals surface area contributed by atoms with Crippen molar-refractivity contribution in [1.82, 2.24) is 5.32 Å². The topological polar surface area (TPSA) is 32.3 Å². The van der Waals surface area contributed by atoms with Crippen LogP contribution in [0, 0.1) is 6.92 Å². The second-order valence-corrected chi connectivity index (χ2v) is 4.89. The molecule has 2 nitrogen and oxygen atoms in total. The highest BCUT2D eigenvalue weighted by atomic mass is 19.4. The Morgan fingerprint density at radius 1 is 1.32 bits per heavy atom. The molecule has 5 heteroatoms. The molecular formula is C14H20F3NO. The molecular weight excluding hydrogens is 255 g/mol. The Hall–Kier alpha value is -1.07. The van der Waals surface area contributed by atoms with Gasteiger partial charge in [-0.1, -0.05) is 29.8 Å². The summed E-state index contributed by atoms with van der Waals surface area (Å²) in [6, 6.07) is 7.97. The van der Waals surface area contributed by atoms with E-state index in [0.717, 1.165) is 12.8 Å². The van der Waals surface area contributed by atoms with Gasteiger partial charge in [0.15, 0.2) is 6.10 Å². The minimum Gasteiger partial charge on any atom is -0.382 e. The van der Waals surface area contributed by atoms with Gasteiger partial charge in [0, 0.05) is 12.6 Å². The molecule has 0 saturated heterocycles. The zero-order valence-electron chi connectivity index (χ0n) is 11.2. The number of alkyl halides is 3. The predicted octanol–water partition coefficient (Wildman–Crippen LogP) is 2.83. The fourth-order valence-electron chi connectivity index (χ4n) is 1.78. The molecule has 2 unspecified atom stereocenters. The summed E-state index contributed by atoms with van der Waals surface area (Å²) in [4.78, 5) is 0. The van der Waals surface area contributed by atoms with Crippen molar-refractivity contribution in [3.8, 4) is 0 Å². The maximum absolute atomic E-state index is 12.1.